The van der Waals surface area contributed by atoms with Crippen LogP contribution in [-0.4, -0.2) is 29.7 Å². The van der Waals surface area contributed by atoms with Crippen molar-refractivity contribution in [3.05, 3.63) is 34.9 Å². The number of hydrogen-bond donors (Lipinski definition) is 0. The highest BCUT2D eigenvalue weighted by Gasteiger charge is 2.41. The van der Waals surface area contributed by atoms with Crippen LogP contribution in [0.2, 0.25) is 5.02 Å². The lowest BCUT2D eigenvalue weighted by atomic mass is 9.66. The maximum Gasteiger partial charge on any atom is 0.410 e. The van der Waals surface area contributed by atoms with Crippen LogP contribution in [0, 0.1) is 5.92 Å². The van der Waals surface area contributed by atoms with Crippen LogP contribution < -0.4 is 0 Å². The van der Waals surface area contributed by atoms with Gasteiger partial charge in [-0.05, 0) is 56.2 Å². The monoisotopic (exact) mass is 337 g/mol. The molecule has 2 unspecified atom stereocenters. The summed E-state index contributed by atoms with van der Waals surface area (Å²) >= 11 is 6.02. The minimum atomic E-state index is -0.449. The minimum Gasteiger partial charge on any atom is -0.444 e. The van der Waals surface area contributed by atoms with Crippen molar-refractivity contribution in [2.24, 2.45) is 5.92 Å². The number of likely N-dealkylation sites (tertiary alicyclic amines) is 1. The van der Waals surface area contributed by atoms with Crippen molar-refractivity contribution in [3.63, 3.8) is 0 Å². The van der Waals surface area contributed by atoms with E-state index < -0.39 is 5.60 Å². The molecule has 1 fully saturated rings. The molecule has 1 aromatic carbocycles. The summed E-state index contributed by atoms with van der Waals surface area (Å²) in [5.74, 6) is 0.407. The molecule has 0 radical (unpaired) electrons. The zero-order valence-electron chi connectivity index (χ0n) is 14.9. The first kappa shape index (κ1) is 18.1. The van der Waals surface area contributed by atoms with Crippen LogP contribution in [0.25, 0.3) is 0 Å². The normalized spacial score (nSPS) is 25.3. The van der Waals surface area contributed by atoms with Crippen molar-refractivity contribution in [1.29, 1.82) is 0 Å². The maximum absolute atomic E-state index is 12.4. The van der Waals surface area contributed by atoms with Crippen LogP contribution in [0.3, 0.4) is 0 Å². The predicted octanol–water partition coefficient (Wildman–Crippen LogP) is 5.26. The van der Waals surface area contributed by atoms with Crippen molar-refractivity contribution in [2.75, 3.05) is 13.1 Å². The Bertz CT molecular complexity index is 549. The molecule has 0 N–H and O–H groups in total. The van der Waals surface area contributed by atoms with E-state index in [2.05, 4.69) is 26.0 Å². The molecular weight excluding hydrogens is 310 g/mol. The standard InChI is InChI=1S/C19H28ClNO2/c1-6-14-13-21(17(22)23-18(2,3)4)12-11-19(14,5)15-7-9-16(20)10-8-15/h7-10,14H,6,11-13H2,1-5H3. The summed E-state index contributed by atoms with van der Waals surface area (Å²) in [7, 11) is 0. The van der Waals surface area contributed by atoms with Gasteiger partial charge >= 0.3 is 6.09 Å². The number of carbonyl (C=O) groups is 1. The zero-order chi connectivity index (χ0) is 17.3. The second kappa shape index (κ2) is 6.72. The lowest BCUT2D eigenvalue weighted by Crippen LogP contribution is -2.51. The lowest BCUT2D eigenvalue weighted by molar-refractivity contribution is 0.00704. The lowest BCUT2D eigenvalue weighted by Gasteiger charge is -2.46. The smallest absolute Gasteiger partial charge is 0.410 e. The molecule has 1 heterocycles. The van der Waals surface area contributed by atoms with Crippen molar-refractivity contribution in [2.45, 2.75) is 58.5 Å². The van der Waals surface area contributed by atoms with Crippen LogP contribution in [0.1, 0.15) is 53.0 Å². The van der Waals surface area contributed by atoms with E-state index in [0.29, 0.717) is 5.92 Å². The van der Waals surface area contributed by atoms with Crippen molar-refractivity contribution >= 4 is 17.7 Å². The number of ether oxygens (including phenoxy) is 1. The molecule has 1 aliphatic rings. The fourth-order valence-corrected chi connectivity index (χ4v) is 3.54. The molecule has 0 aromatic heterocycles. The Morgan fingerprint density at radius 2 is 1.96 bits per heavy atom. The van der Waals surface area contributed by atoms with Crippen LogP contribution in [0.5, 0.6) is 0 Å². The molecule has 1 saturated heterocycles. The van der Waals surface area contributed by atoms with E-state index in [0.717, 1.165) is 31.0 Å². The van der Waals surface area contributed by atoms with Crippen LogP contribution in [0.15, 0.2) is 24.3 Å². The van der Waals surface area contributed by atoms with Gasteiger partial charge in [-0.15, -0.1) is 0 Å². The third-order valence-corrected chi connectivity index (χ3v) is 5.14. The third kappa shape index (κ3) is 4.20. The summed E-state index contributed by atoms with van der Waals surface area (Å²) in [6.07, 6.45) is 1.76. The molecule has 2 atom stereocenters. The molecule has 0 bridgehead atoms. The van der Waals surface area contributed by atoms with E-state index in [4.69, 9.17) is 16.3 Å². The Hall–Kier alpha value is -1.22. The molecule has 1 amide bonds. The van der Waals surface area contributed by atoms with Gasteiger partial charge in [0, 0.05) is 18.1 Å². The van der Waals surface area contributed by atoms with Crippen molar-refractivity contribution in [1.82, 2.24) is 4.90 Å². The minimum absolute atomic E-state index is 0.0673. The van der Waals surface area contributed by atoms with Crippen LogP contribution in [-0.2, 0) is 10.2 Å². The largest absolute Gasteiger partial charge is 0.444 e. The molecule has 23 heavy (non-hydrogen) atoms. The van der Waals surface area contributed by atoms with Gasteiger partial charge in [0.25, 0.3) is 0 Å². The van der Waals surface area contributed by atoms with Crippen LogP contribution in [0.4, 0.5) is 4.79 Å². The average molecular weight is 338 g/mol. The SMILES string of the molecule is CCC1CN(C(=O)OC(C)(C)C)CCC1(C)c1ccc(Cl)cc1. The van der Waals surface area contributed by atoms with E-state index in [1.807, 2.05) is 37.8 Å². The molecule has 0 spiro atoms. The Labute approximate surface area is 145 Å². The predicted molar refractivity (Wildman–Crippen MR) is 95.0 cm³/mol. The van der Waals surface area contributed by atoms with E-state index >= 15 is 0 Å². The van der Waals surface area contributed by atoms with Gasteiger partial charge in [0.05, 0.1) is 0 Å². The van der Waals surface area contributed by atoms with E-state index in [1.54, 1.807) is 0 Å². The van der Waals surface area contributed by atoms with Crippen LogP contribution >= 0.6 is 11.6 Å². The van der Waals surface area contributed by atoms with E-state index in [-0.39, 0.29) is 11.5 Å². The number of nitrogens with zero attached hydrogens (tertiary/aromatic N) is 1. The second-order valence-electron chi connectivity index (χ2n) is 7.71. The van der Waals surface area contributed by atoms with Gasteiger partial charge in [-0.2, -0.15) is 0 Å². The Balaban J connectivity index is 2.15. The number of rotatable bonds is 2. The van der Waals surface area contributed by atoms with Gasteiger partial charge in [0.2, 0.25) is 0 Å². The van der Waals surface area contributed by atoms with Gasteiger partial charge in [0.15, 0.2) is 0 Å². The van der Waals surface area contributed by atoms with Gasteiger partial charge in [-0.3, -0.25) is 0 Å². The third-order valence-electron chi connectivity index (χ3n) is 4.89. The zero-order valence-corrected chi connectivity index (χ0v) is 15.6. The van der Waals surface area contributed by atoms with E-state index in [9.17, 15) is 4.79 Å². The fourth-order valence-electron chi connectivity index (χ4n) is 3.41. The quantitative estimate of drug-likeness (QED) is 0.736. The summed E-state index contributed by atoms with van der Waals surface area (Å²) < 4.78 is 5.53. The molecule has 3 nitrogen and oxygen atoms in total. The van der Waals surface area contributed by atoms with E-state index in [1.165, 1.54) is 5.56 Å². The Morgan fingerprint density at radius 1 is 1.35 bits per heavy atom. The number of piperidine rings is 1. The number of benzene rings is 1. The summed E-state index contributed by atoms with van der Waals surface area (Å²) in [6.45, 7) is 11.7. The van der Waals surface area contributed by atoms with Gasteiger partial charge in [0.1, 0.15) is 5.60 Å². The Kier molecular flexibility index (Phi) is 5.30. The summed E-state index contributed by atoms with van der Waals surface area (Å²) in [5, 5.41) is 0.761. The number of hydrogen-bond acceptors (Lipinski definition) is 2. The summed E-state index contributed by atoms with van der Waals surface area (Å²) in [4.78, 5) is 14.2. The summed E-state index contributed by atoms with van der Waals surface area (Å²) in [6, 6.07) is 8.15. The first-order valence-corrected chi connectivity index (χ1v) is 8.77. The summed E-state index contributed by atoms with van der Waals surface area (Å²) in [5.41, 5.74) is 0.922. The highest BCUT2D eigenvalue weighted by atomic mass is 35.5. The topological polar surface area (TPSA) is 29.5 Å². The molecular formula is C19H28ClNO2. The fraction of sp³-hybridized carbons (Fsp3) is 0.632. The molecule has 128 valence electrons. The Morgan fingerprint density at radius 3 is 2.48 bits per heavy atom. The second-order valence-corrected chi connectivity index (χ2v) is 8.14. The molecule has 1 aliphatic heterocycles. The maximum atomic E-state index is 12.4. The van der Waals surface area contributed by atoms with Gasteiger partial charge in [-0.25, -0.2) is 4.79 Å². The highest BCUT2D eigenvalue weighted by Crippen LogP contribution is 2.41. The molecule has 1 aromatic rings. The molecule has 4 heteroatoms. The van der Waals surface area contributed by atoms with Gasteiger partial charge < -0.3 is 9.64 Å². The highest BCUT2D eigenvalue weighted by molar-refractivity contribution is 6.30. The van der Waals surface area contributed by atoms with Gasteiger partial charge in [-0.1, -0.05) is 44.0 Å². The molecule has 0 aliphatic carbocycles. The first-order chi connectivity index (χ1) is 10.7. The molecule has 0 saturated carbocycles. The van der Waals surface area contributed by atoms with Crippen molar-refractivity contribution < 1.29 is 9.53 Å². The number of carbonyl (C=O) groups excluding carboxylic acids is 1. The first-order valence-electron chi connectivity index (χ1n) is 8.39. The average Bonchev–Trinajstić information content (AvgIpc) is 2.46. The van der Waals surface area contributed by atoms with Crippen molar-refractivity contribution in [3.8, 4) is 0 Å². The molecule has 2 rings (SSSR count). The number of amides is 1. The number of halogens is 1.